The van der Waals surface area contributed by atoms with Crippen molar-refractivity contribution in [1.29, 1.82) is 0 Å². The van der Waals surface area contributed by atoms with Gasteiger partial charge in [0.25, 0.3) is 0 Å². The van der Waals surface area contributed by atoms with E-state index in [-0.39, 0.29) is 18.4 Å². The van der Waals surface area contributed by atoms with Gasteiger partial charge in [-0.2, -0.15) is 0 Å². The zero-order valence-corrected chi connectivity index (χ0v) is 9.51. The van der Waals surface area contributed by atoms with E-state index in [4.69, 9.17) is 15.6 Å². The zero-order valence-electron chi connectivity index (χ0n) is 9.51. The fourth-order valence-corrected chi connectivity index (χ4v) is 1.65. The predicted molar refractivity (Wildman–Crippen MR) is 61.6 cm³/mol. The Morgan fingerprint density at radius 3 is 2.38 bits per heavy atom. The number of benzene rings is 1. The molecule has 0 aliphatic rings. The van der Waals surface area contributed by atoms with Crippen molar-refractivity contribution in [1.82, 2.24) is 0 Å². The molecule has 0 saturated carbocycles. The lowest BCUT2D eigenvalue weighted by molar-refractivity contribution is -0.137. The van der Waals surface area contributed by atoms with Crippen LogP contribution >= 0.6 is 0 Å². The van der Waals surface area contributed by atoms with Crippen LogP contribution in [0.1, 0.15) is 24.8 Å². The molecule has 0 aliphatic carbocycles. The normalized spacial score (nSPS) is 14.2. The van der Waals surface area contributed by atoms with Gasteiger partial charge in [0.05, 0.1) is 13.5 Å². The molecule has 0 heterocycles. The van der Waals surface area contributed by atoms with Gasteiger partial charge in [0.1, 0.15) is 5.75 Å². The average molecular weight is 223 g/mol. The second-order valence-electron chi connectivity index (χ2n) is 3.84. The fraction of sp³-hybridized carbons (Fsp3) is 0.417. The van der Waals surface area contributed by atoms with Gasteiger partial charge in [0, 0.05) is 12.0 Å². The average Bonchev–Trinajstić information content (AvgIpc) is 2.25. The standard InChI is InChI=1S/C12H17NO3/c1-8(13)11(7-12(14)15)9-3-5-10(16-2)6-4-9/h3-6,8,11H,7,13H2,1-2H3,(H,14,15). The highest BCUT2D eigenvalue weighted by Crippen LogP contribution is 2.24. The number of nitrogens with two attached hydrogens (primary N) is 1. The van der Waals surface area contributed by atoms with E-state index in [1.54, 1.807) is 7.11 Å². The Labute approximate surface area is 95.0 Å². The molecular formula is C12H17NO3. The monoisotopic (exact) mass is 223 g/mol. The molecule has 2 atom stereocenters. The van der Waals surface area contributed by atoms with E-state index < -0.39 is 5.97 Å². The first-order valence-corrected chi connectivity index (χ1v) is 5.16. The van der Waals surface area contributed by atoms with E-state index >= 15 is 0 Å². The van der Waals surface area contributed by atoms with Crippen LogP contribution in [0.15, 0.2) is 24.3 Å². The van der Waals surface area contributed by atoms with E-state index in [2.05, 4.69) is 0 Å². The van der Waals surface area contributed by atoms with Crippen LogP contribution < -0.4 is 10.5 Å². The van der Waals surface area contributed by atoms with Crippen molar-refractivity contribution in [2.45, 2.75) is 25.3 Å². The Bertz CT molecular complexity index is 346. The van der Waals surface area contributed by atoms with E-state index in [0.717, 1.165) is 11.3 Å². The molecule has 0 radical (unpaired) electrons. The smallest absolute Gasteiger partial charge is 0.304 e. The lowest BCUT2D eigenvalue weighted by Crippen LogP contribution is -2.26. The first kappa shape index (κ1) is 12.5. The lowest BCUT2D eigenvalue weighted by atomic mass is 9.90. The van der Waals surface area contributed by atoms with E-state index in [1.165, 1.54) is 0 Å². The summed E-state index contributed by atoms with van der Waals surface area (Å²) in [5, 5.41) is 8.81. The van der Waals surface area contributed by atoms with E-state index in [0.29, 0.717) is 0 Å². The molecular weight excluding hydrogens is 206 g/mol. The zero-order chi connectivity index (χ0) is 12.1. The van der Waals surface area contributed by atoms with Crippen LogP contribution in [-0.2, 0) is 4.79 Å². The number of aliphatic carboxylic acids is 1. The maximum Gasteiger partial charge on any atom is 0.304 e. The van der Waals surface area contributed by atoms with Crippen LogP contribution in [0.2, 0.25) is 0 Å². The minimum atomic E-state index is -0.835. The summed E-state index contributed by atoms with van der Waals surface area (Å²) in [6, 6.07) is 7.15. The number of ether oxygens (including phenoxy) is 1. The summed E-state index contributed by atoms with van der Waals surface area (Å²) >= 11 is 0. The molecule has 1 rings (SSSR count). The fourth-order valence-electron chi connectivity index (χ4n) is 1.65. The number of methoxy groups -OCH3 is 1. The molecule has 3 N–H and O–H groups in total. The second-order valence-corrected chi connectivity index (χ2v) is 3.84. The summed E-state index contributed by atoms with van der Waals surface area (Å²) in [5.41, 5.74) is 6.72. The second kappa shape index (κ2) is 5.51. The van der Waals surface area contributed by atoms with Crippen LogP contribution in [0, 0.1) is 0 Å². The van der Waals surface area contributed by atoms with Gasteiger partial charge in [-0.3, -0.25) is 4.79 Å². The van der Waals surface area contributed by atoms with Crippen LogP contribution in [0.3, 0.4) is 0 Å². The molecule has 0 aromatic heterocycles. The molecule has 1 aromatic rings. The summed E-state index contributed by atoms with van der Waals surface area (Å²) in [6.07, 6.45) is 0.0456. The Morgan fingerprint density at radius 2 is 2.00 bits per heavy atom. The summed E-state index contributed by atoms with van der Waals surface area (Å²) < 4.78 is 5.04. The van der Waals surface area contributed by atoms with Crippen LogP contribution in [0.4, 0.5) is 0 Å². The molecule has 88 valence electrons. The Kier molecular flexibility index (Phi) is 4.31. The van der Waals surface area contributed by atoms with Crippen LogP contribution in [-0.4, -0.2) is 24.2 Å². The molecule has 4 nitrogen and oxygen atoms in total. The third-order valence-corrected chi connectivity index (χ3v) is 2.57. The molecule has 0 fully saturated rings. The SMILES string of the molecule is COc1ccc(C(CC(=O)O)C(C)N)cc1. The summed E-state index contributed by atoms with van der Waals surface area (Å²) in [5.74, 6) is -0.246. The van der Waals surface area contributed by atoms with Crippen molar-refractivity contribution >= 4 is 5.97 Å². The lowest BCUT2D eigenvalue weighted by Gasteiger charge is -2.19. The Morgan fingerprint density at radius 1 is 1.44 bits per heavy atom. The Balaban J connectivity index is 2.88. The molecule has 0 saturated heterocycles. The molecule has 16 heavy (non-hydrogen) atoms. The van der Waals surface area contributed by atoms with Gasteiger partial charge in [0.2, 0.25) is 0 Å². The number of rotatable bonds is 5. The van der Waals surface area contributed by atoms with Crippen molar-refractivity contribution in [2.24, 2.45) is 5.73 Å². The molecule has 2 unspecified atom stereocenters. The minimum absolute atomic E-state index is 0.0456. The molecule has 0 spiro atoms. The van der Waals surface area contributed by atoms with Gasteiger partial charge < -0.3 is 15.6 Å². The summed E-state index contributed by atoms with van der Waals surface area (Å²) in [6.45, 7) is 1.82. The van der Waals surface area contributed by atoms with Crippen molar-refractivity contribution < 1.29 is 14.6 Å². The highest BCUT2D eigenvalue weighted by atomic mass is 16.5. The third kappa shape index (κ3) is 3.24. The minimum Gasteiger partial charge on any atom is -0.497 e. The number of hydrogen-bond donors (Lipinski definition) is 2. The molecule has 0 aliphatic heterocycles. The highest BCUT2D eigenvalue weighted by Gasteiger charge is 2.19. The largest absolute Gasteiger partial charge is 0.497 e. The van der Waals surface area contributed by atoms with Crippen molar-refractivity contribution in [3.05, 3.63) is 29.8 Å². The first-order valence-electron chi connectivity index (χ1n) is 5.16. The van der Waals surface area contributed by atoms with Crippen molar-refractivity contribution in [3.8, 4) is 5.75 Å². The molecule has 1 aromatic carbocycles. The Hall–Kier alpha value is -1.55. The van der Waals surface area contributed by atoms with Gasteiger partial charge in [-0.05, 0) is 24.6 Å². The number of carboxylic acid groups (broad SMARTS) is 1. The van der Waals surface area contributed by atoms with Gasteiger partial charge >= 0.3 is 5.97 Å². The summed E-state index contributed by atoms with van der Waals surface area (Å²) in [7, 11) is 1.59. The van der Waals surface area contributed by atoms with Crippen molar-refractivity contribution in [3.63, 3.8) is 0 Å². The van der Waals surface area contributed by atoms with Gasteiger partial charge in [-0.25, -0.2) is 0 Å². The van der Waals surface area contributed by atoms with Crippen molar-refractivity contribution in [2.75, 3.05) is 7.11 Å². The van der Waals surface area contributed by atoms with Gasteiger partial charge in [-0.1, -0.05) is 12.1 Å². The summed E-state index contributed by atoms with van der Waals surface area (Å²) in [4.78, 5) is 10.7. The first-order chi connectivity index (χ1) is 7.54. The highest BCUT2D eigenvalue weighted by molar-refractivity contribution is 5.68. The molecule has 4 heteroatoms. The van der Waals surface area contributed by atoms with Crippen LogP contribution in [0.25, 0.3) is 0 Å². The van der Waals surface area contributed by atoms with E-state index in [9.17, 15) is 4.79 Å². The quantitative estimate of drug-likeness (QED) is 0.795. The van der Waals surface area contributed by atoms with Gasteiger partial charge in [-0.15, -0.1) is 0 Å². The number of hydrogen-bond acceptors (Lipinski definition) is 3. The molecule has 0 amide bonds. The third-order valence-electron chi connectivity index (χ3n) is 2.57. The van der Waals surface area contributed by atoms with Gasteiger partial charge in [0.15, 0.2) is 0 Å². The topological polar surface area (TPSA) is 72.5 Å². The predicted octanol–water partition coefficient (Wildman–Crippen LogP) is 1.60. The molecule has 0 bridgehead atoms. The number of carbonyl (C=O) groups is 1. The van der Waals surface area contributed by atoms with Crippen LogP contribution in [0.5, 0.6) is 5.75 Å². The maximum atomic E-state index is 10.7. The number of carboxylic acids is 1. The maximum absolute atomic E-state index is 10.7. The van der Waals surface area contributed by atoms with E-state index in [1.807, 2.05) is 31.2 Å².